The van der Waals surface area contributed by atoms with Gasteiger partial charge in [0.1, 0.15) is 23.0 Å². The predicted octanol–water partition coefficient (Wildman–Crippen LogP) is 1.63. The molecule has 3 aromatic heterocycles. The lowest BCUT2D eigenvalue weighted by Crippen LogP contribution is -2.28. The SMILES string of the molecule is CN(Cc1nc2ccsc2c(=O)[nH]1)C(=O)c1ccc2nc(CO)[nH]c2c1. The molecule has 0 atom stereocenters. The second-order valence-electron chi connectivity index (χ2n) is 5.88. The lowest BCUT2D eigenvalue weighted by molar-refractivity contribution is 0.0781. The Balaban J connectivity index is 1.59. The number of aromatic nitrogens is 4. The van der Waals surface area contributed by atoms with Gasteiger partial charge in [0.15, 0.2) is 0 Å². The van der Waals surface area contributed by atoms with Gasteiger partial charge in [0.2, 0.25) is 0 Å². The number of aromatic amines is 2. The minimum atomic E-state index is -0.208. The molecule has 3 N–H and O–H groups in total. The summed E-state index contributed by atoms with van der Waals surface area (Å²) in [5.74, 6) is 0.672. The molecule has 4 rings (SSSR count). The van der Waals surface area contributed by atoms with Crippen LogP contribution in [0.25, 0.3) is 21.3 Å². The summed E-state index contributed by atoms with van der Waals surface area (Å²) in [4.78, 5) is 40.5. The number of carbonyl (C=O) groups is 1. The van der Waals surface area contributed by atoms with Gasteiger partial charge in [-0.1, -0.05) is 0 Å². The molecule has 3 heterocycles. The Bertz CT molecular complexity index is 1180. The number of rotatable bonds is 4. The van der Waals surface area contributed by atoms with Crippen LogP contribution in [0.5, 0.6) is 0 Å². The number of thiophene rings is 1. The van der Waals surface area contributed by atoms with Gasteiger partial charge in [0.25, 0.3) is 11.5 Å². The van der Waals surface area contributed by atoms with Crippen LogP contribution in [0.4, 0.5) is 0 Å². The third-order valence-electron chi connectivity index (χ3n) is 4.03. The maximum atomic E-state index is 12.7. The van der Waals surface area contributed by atoms with E-state index in [-0.39, 0.29) is 24.6 Å². The Kier molecular flexibility index (Phi) is 4.02. The van der Waals surface area contributed by atoms with Crippen molar-refractivity contribution < 1.29 is 9.90 Å². The fourth-order valence-corrected chi connectivity index (χ4v) is 3.51. The zero-order chi connectivity index (χ0) is 18.3. The molecular formula is C17H15N5O3S. The summed E-state index contributed by atoms with van der Waals surface area (Å²) in [6.45, 7) is -0.00921. The third kappa shape index (κ3) is 2.87. The number of fused-ring (bicyclic) bond motifs is 2. The summed E-state index contributed by atoms with van der Waals surface area (Å²) in [7, 11) is 1.65. The van der Waals surface area contributed by atoms with Gasteiger partial charge < -0.3 is 20.0 Å². The minimum Gasteiger partial charge on any atom is -0.388 e. The number of imidazole rings is 1. The first-order chi connectivity index (χ1) is 12.5. The summed E-state index contributed by atoms with van der Waals surface area (Å²) in [6, 6.07) is 6.88. The highest BCUT2D eigenvalue weighted by atomic mass is 32.1. The number of amides is 1. The van der Waals surface area contributed by atoms with Crippen molar-refractivity contribution in [1.29, 1.82) is 0 Å². The van der Waals surface area contributed by atoms with E-state index in [0.717, 1.165) is 0 Å². The van der Waals surface area contributed by atoms with E-state index >= 15 is 0 Å². The fraction of sp³-hybridized carbons (Fsp3) is 0.176. The summed E-state index contributed by atoms with van der Waals surface area (Å²) in [6.07, 6.45) is 0. The highest BCUT2D eigenvalue weighted by Gasteiger charge is 2.15. The first kappa shape index (κ1) is 16.4. The number of aliphatic hydroxyl groups is 1. The Morgan fingerprint density at radius 3 is 2.81 bits per heavy atom. The van der Waals surface area contributed by atoms with E-state index in [1.807, 2.05) is 5.38 Å². The number of carbonyl (C=O) groups excluding carboxylic acids is 1. The van der Waals surface area contributed by atoms with Gasteiger partial charge in [-0.3, -0.25) is 9.59 Å². The van der Waals surface area contributed by atoms with Gasteiger partial charge in [-0.15, -0.1) is 11.3 Å². The van der Waals surface area contributed by atoms with E-state index in [9.17, 15) is 9.59 Å². The molecule has 8 nitrogen and oxygen atoms in total. The number of aliphatic hydroxyl groups excluding tert-OH is 1. The van der Waals surface area contributed by atoms with Gasteiger partial charge >= 0.3 is 0 Å². The maximum absolute atomic E-state index is 12.7. The standard InChI is InChI=1S/C17H15N5O3S/c1-22(7-13-19-11-4-5-26-15(11)16(24)21-13)17(25)9-2-3-10-12(6-9)20-14(8-23)18-10/h2-6,23H,7-8H2,1H3,(H,18,20)(H,19,21,24). The van der Waals surface area contributed by atoms with E-state index in [0.29, 0.717) is 38.5 Å². The molecule has 1 aromatic carbocycles. The van der Waals surface area contributed by atoms with E-state index in [2.05, 4.69) is 19.9 Å². The van der Waals surface area contributed by atoms with E-state index in [4.69, 9.17) is 5.11 Å². The molecule has 0 saturated carbocycles. The van der Waals surface area contributed by atoms with Crippen LogP contribution in [-0.4, -0.2) is 42.9 Å². The summed E-state index contributed by atoms with van der Waals surface area (Å²) in [5.41, 5.74) is 2.27. The molecule has 0 aliphatic heterocycles. The normalized spacial score (nSPS) is 11.3. The van der Waals surface area contributed by atoms with Crippen LogP contribution in [-0.2, 0) is 13.2 Å². The Morgan fingerprint density at radius 2 is 2.00 bits per heavy atom. The van der Waals surface area contributed by atoms with Crippen LogP contribution < -0.4 is 5.56 Å². The van der Waals surface area contributed by atoms with Gasteiger partial charge in [-0.05, 0) is 29.6 Å². The zero-order valence-corrected chi connectivity index (χ0v) is 14.6. The lowest BCUT2D eigenvalue weighted by atomic mass is 10.2. The highest BCUT2D eigenvalue weighted by Crippen LogP contribution is 2.17. The van der Waals surface area contributed by atoms with Gasteiger partial charge in [0, 0.05) is 12.6 Å². The number of nitrogens with zero attached hydrogens (tertiary/aromatic N) is 3. The predicted molar refractivity (Wildman–Crippen MR) is 98.1 cm³/mol. The van der Waals surface area contributed by atoms with Crippen molar-refractivity contribution in [3.05, 3.63) is 57.2 Å². The molecular weight excluding hydrogens is 354 g/mol. The first-order valence-electron chi connectivity index (χ1n) is 7.86. The molecule has 0 unspecified atom stereocenters. The second-order valence-corrected chi connectivity index (χ2v) is 6.80. The van der Waals surface area contributed by atoms with Crippen molar-refractivity contribution in [3.8, 4) is 0 Å². The molecule has 0 spiro atoms. The molecule has 0 fully saturated rings. The molecule has 0 saturated heterocycles. The van der Waals surface area contributed by atoms with Crippen molar-refractivity contribution in [3.63, 3.8) is 0 Å². The fourth-order valence-electron chi connectivity index (χ4n) is 2.78. The Hall–Kier alpha value is -3.04. The molecule has 0 aliphatic carbocycles. The number of nitrogens with one attached hydrogen (secondary N) is 2. The van der Waals surface area contributed by atoms with Crippen molar-refractivity contribution in [2.45, 2.75) is 13.2 Å². The van der Waals surface area contributed by atoms with Gasteiger partial charge in [-0.2, -0.15) is 0 Å². The number of H-pyrrole nitrogens is 2. The molecule has 0 aliphatic rings. The molecule has 0 bridgehead atoms. The molecule has 132 valence electrons. The Morgan fingerprint density at radius 1 is 1.19 bits per heavy atom. The largest absolute Gasteiger partial charge is 0.388 e. The van der Waals surface area contributed by atoms with Gasteiger partial charge in [-0.25, -0.2) is 9.97 Å². The van der Waals surface area contributed by atoms with E-state index in [1.165, 1.54) is 16.2 Å². The van der Waals surface area contributed by atoms with E-state index < -0.39 is 0 Å². The van der Waals surface area contributed by atoms with Crippen molar-refractivity contribution >= 4 is 38.5 Å². The van der Waals surface area contributed by atoms with Crippen molar-refractivity contribution in [2.75, 3.05) is 7.05 Å². The van der Waals surface area contributed by atoms with Crippen LogP contribution in [0.15, 0.2) is 34.4 Å². The quantitative estimate of drug-likeness (QED) is 0.506. The van der Waals surface area contributed by atoms with Crippen molar-refractivity contribution in [1.82, 2.24) is 24.8 Å². The molecule has 4 aromatic rings. The number of benzene rings is 1. The topological polar surface area (TPSA) is 115 Å². The lowest BCUT2D eigenvalue weighted by Gasteiger charge is -2.16. The van der Waals surface area contributed by atoms with Crippen LogP contribution in [0, 0.1) is 0 Å². The third-order valence-corrected chi connectivity index (χ3v) is 4.93. The molecule has 1 amide bonds. The zero-order valence-electron chi connectivity index (χ0n) is 13.8. The van der Waals surface area contributed by atoms with Crippen LogP contribution in [0.3, 0.4) is 0 Å². The molecule has 9 heteroatoms. The molecule has 26 heavy (non-hydrogen) atoms. The van der Waals surface area contributed by atoms with Gasteiger partial charge in [0.05, 0.1) is 23.1 Å². The van der Waals surface area contributed by atoms with Crippen LogP contribution >= 0.6 is 11.3 Å². The number of hydrogen-bond donors (Lipinski definition) is 3. The molecule has 0 radical (unpaired) electrons. The van der Waals surface area contributed by atoms with Crippen LogP contribution in [0.2, 0.25) is 0 Å². The van der Waals surface area contributed by atoms with Crippen LogP contribution in [0.1, 0.15) is 22.0 Å². The summed E-state index contributed by atoms with van der Waals surface area (Å²) in [5, 5.41) is 11.0. The van der Waals surface area contributed by atoms with Crippen molar-refractivity contribution in [2.24, 2.45) is 0 Å². The minimum absolute atomic E-state index is 0.183. The smallest absolute Gasteiger partial charge is 0.268 e. The summed E-state index contributed by atoms with van der Waals surface area (Å²) < 4.78 is 0.576. The number of hydrogen-bond acceptors (Lipinski definition) is 6. The average Bonchev–Trinajstić information content (AvgIpc) is 3.26. The highest BCUT2D eigenvalue weighted by molar-refractivity contribution is 7.17. The van der Waals surface area contributed by atoms with E-state index in [1.54, 1.807) is 31.3 Å². The Labute approximate surface area is 151 Å². The monoisotopic (exact) mass is 369 g/mol. The maximum Gasteiger partial charge on any atom is 0.268 e. The summed E-state index contributed by atoms with van der Waals surface area (Å²) >= 11 is 1.34. The first-order valence-corrected chi connectivity index (χ1v) is 8.74. The second kappa shape index (κ2) is 6.36. The average molecular weight is 369 g/mol.